The average molecular weight is 351 g/mol. The Morgan fingerprint density at radius 1 is 0.654 bits per heavy atom. The lowest BCUT2D eigenvalue weighted by Gasteiger charge is -2.38. The first kappa shape index (κ1) is 18.3. The van der Waals surface area contributed by atoms with E-state index in [1.54, 1.807) is 11.1 Å². The molecule has 0 unspecified atom stereocenters. The molecule has 0 bridgehead atoms. The number of allylic oxidation sites excluding steroid dienone is 1. The van der Waals surface area contributed by atoms with Crippen molar-refractivity contribution in [2.75, 3.05) is 0 Å². The monoisotopic (exact) mass is 350 g/mol. The molecular formula is C26H38. The van der Waals surface area contributed by atoms with Crippen molar-refractivity contribution in [2.24, 2.45) is 17.8 Å². The van der Waals surface area contributed by atoms with Gasteiger partial charge < -0.3 is 0 Å². The predicted molar refractivity (Wildman–Crippen MR) is 113 cm³/mol. The molecule has 0 spiro atoms. The van der Waals surface area contributed by atoms with E-state index in [-0.39, 0.29) is 0 Å². The van der Waals surface area contributed by atoms with E-state index in [4.69, 9.17) is 0 Å². The van der Waals surface area contributed by atoms with Crippen molar-refractivity contribution in [1.29, 1.82) is 0 Å². The number of rotatable bonds is 5. The minimum Gasteiger partial charge on any atom is -0.103 e. The highest BCUT2D eigenvalue weighted by Gasteiger charge is 2.31. The molecule has 0 saturated heterocycles. The van der Waals surface area contributed by atoms with E-state index < -0.39 is 0 Å². The predicted octanol–water partition coefficient (Wildman–Crippen LogP) is 8.00. The molecule has 3 fully saturated rings. The molecule has 0 N–H and O–H groups in total. The van der Waals surface area contributed by atoms with Crippen LogP contribution in [-0.2, 0) is 0 Å². The molecule has 0 nitrogen and oxygen atoms in total. The molecule has 0 amide bonds. The molecule has 1 aromatic rings. The Kier molecular flexibility index (Phi) is 6.18. The van der Waals surface area contributed by atoms with Crippen molar-refractivity contribution in [3.05, 3.63) is 48.0 Å². The molecule has 4 rings (SSSR count). The molecule has 3 aliphatic carbocycles. The van der Waals surface area contributed by atoms with E-state index in [1.807, 2.05) is 0 Å². The van der Waals surface area contributed by atoms with Crippen LogP contribution in [0.2, 0.25) is 0 Å². The molecule has 3 saturated carbocycles. The summed E-state index contributed by atoms with van der Waals surface area (Å²) in [4.78, 5) is 0. The van der Waals surface area contributed by atoms with Gasteiger partial charge in [0.25, 0.3) is 0 Å². The molecule has 142 valence electrons. The van der Waals surface area contributed by atoms with Crippen molar-refractivity contribution < 1.29 is 0 Å². The Morgan fingerprint density at radius 2 is 1.12 bits per heavy atom. The third-order valence-corrected chi connectivity index (χ3v) is 8.06. The molecular weight excluding hydrogens is 312 g/mol. The maximum Gasteiger partial charge on any atom is -0.0162 e. The normalized spacial score (nSPS) is 33.2. The minimum absolute atomic E-state index is 0.834. The summed E-state index contributed by atoms with van der Waals surface area (Å²) < 4.78 is 0. The maximum atomic E-state index is 3.93. The van der Waals surface area contributed by atoms with Crippen LogP contribution < -0.4 is 0 Å². The summed E-state index contributed by atoms with van der Waals surface area (Å²) in [7, 11) is 0. The molecule has 0 aromatic heterocycles. The average Bonchev–Trinajstić information content (AvgIpc) is 3.24. The number of hydrogen-bond donors (Lipinski definition) is 0. The zero-order valence-corrected chi connectivity index (χ0v) is 16.7. The highest BCUT2D eigenvalue weighted by molar-refractivity contribution is 5.28. The van der Waals surface area contributed by atoms with Gasteiger partial charge in [0.05, 0.1) is 0 Å². The summed E-state index contributed by atoms with van der Waals surface area (Å²) in [6.07, 6.45) is 20.8. The minimum atomic E-state index is 0.834. The smallest absolute Gasteiger partial charge is 0.0162 e. The zero-order valence-electron chi connectivity index (χ0n) is 16.7. The van der Waals surface area contributed by atoms with Crippen LogP contribution in [0.1, 0.15) is 106 Å². The lowest BCUT2D eigenvalue weighted by Crippen LogP contribution is -2.25. The summed E-state index contributed by atoms with van der Waals surface area (Å²) in [6.45, 7) is 3.93. The van der Waals surface area contributed by atoms with Crippen LogP contribution in [0, 0.1) is 17.8 Å². The van der Waals surface area contributed by atoms with Gasteiger partial charge in [0.15, 0.2) is 0 Å². The molecule has 1 aromatic carbocycles. The first-order valence-corrected chi connectivity index (χ1v) is 11.5. The maximum absolute atomic E-state index is 3.93. The molecule has 0 heteroatoms. The van der Waals surface area contributed by atoms with E-state index in [2.05, 4.69) is 36.9 Å². The van der Waals surface area contributed by atoms with Crippen LogP contribution >= 0.6 is 0 Å². The first-order chi connectivity index (χ1) is 12.8. The highest BCUT2D eigenvalue weighted by atomic mass is 14.4. The molecule has 0 atom stereocenters. The van der Waals surface area contributed by atoms with Crippen LogP contribution in [0.3, 0.4) is 0 Å². The van der Waals surface area contributed by atoms with Gasteiger partial charge in [-0.15, -0.1) is 6.58 Å². The van der Waals surface area contributed by atoms with Crippen molar-refractivity contribution in [3.63, 3.8) is 0 Å². The zero-order chi connectivity index (χ0) is 17.8. The summed E-state index contributed by atoms with van der Waals surface area (Å²) in [5, 5.41) is 0. The third kappa shape index (κ3) is 4.26. The van der Waals surface area contributed by atoms with Gasteiger partial charge in [-0.2, -0.15) is 0 Å². The van der Waals surface area contributed by atoms with Crippen LogP contribution in [0.5, 0.6) is 0 Å². The van der Waals surface area contributed by atoms with E-state index in [1.165, 1.54) is 83.5 Å². The van der Waals surface area contributed by atoms with Gasteiger partial charge in [-0.3, -0.25) is 0 Å². The van der Waals surface area contributed by atoms with Gasteiger partial charge in [-0.25, -0.2) is 0 Å². The fraction of sp³-hybridized carbons (Fsp3) is 0.692. The second-order valence-electron chi connectivity index (χ2n) is 9.56. The standard InChI is InChI=1S/C26H38/c1-2-5-20-8-10-22(11-9-20)24-16-18-26(19-17-24)25-14-12-23(13-15-25)21-6-3-4-7-21/h2,12-15,20-22,24,26H,1,3-11,16-19H2. The van der Waals surface area contributed by atoms with Crippen molar-refractivity contribution in [1.82, 2.24) is 0 Å². The Hall–Kier alpha value is -1.04. The molecule has 0 aliphatic heterocycles. The highest BCUT2D eigenvalue weighted by Crippen LogP contribution is 2.44. The van der Waals surface area contributed by atoms with Crippen LogP contribution in [0.4, 0.5) is 0 Å². The molecule has 0 heterocycles. The Balaban J connectivity index is 1.26. The van der Waals surface area contributed by atoms with Crippen LogP contribution in [-0.4, -0.2) is 0 Å². The lowest BCUT2D eigenvalue weighted by atomic mass is 9.68. The van der Waals surface area contributed by atoms with E-state index in [9.17, 15) is 0 Å². The molecule has 26 heavy (non-hydrogen) atoms. The quantitative estimate of drug-likeness (QED) is 0.472. The van der Waals surface area contributed by atoms with Crippen molar-refractivity contribution in [2.45, 2.75) is 95.3 Å². The van der Waals surface area contributed by atoms with E-state index >= 15 is 0 Å². The number of hydrogen-bond acceptors (Lipinski definition) is 0. The second kappa shape index (κ2) is 8.77. The van der Waals surface area contributed by atoms with Crippen molar-refractivity contribution >= 4 is 0 Å². The van der Waals surface area contributed by atoms with Crippen molar-refractivity contribution in [3.8, 4) is 0 Å². The lowest BCUT2D eigenvalue weighted by molar-refractivity contribution is 0.160. The second-order valence-corrected chi connectivity index (χ2v) is 9.56. The topological polar surface area (TPSA) is 0 Å². The van der Waals surface area contributed by atoms with E-state index in [0.29, 0.717) is 0 Å². The van der Waals surface area contributed by atoms with Gasteiger partial charge in [0.1, 0.15) is 0 Å². The Bertz CT molecular complexity index is 546. The first-order valence-electron chi connectivity index (χ1n) is 11.5. The fourth-order valence-electron chi connectivity index (χ4n) is 6.35. The van der Waals surface area contributed by atoms with Gasteiger partial charge in [0, 0.05) is 0 Å². The summed E-state index contributed by atoms with van der Waals surface area (Å²) in [5.41, 5.74) is 3.23. The molecule has 3 aliphatic rings. The SMILES string of the molecule is C=CCC1CCC(C2CCC(c3ccc(C4CCCC4)cc3)CC2)CC1. The van der Waals surface area contributed by atoms with Gasteiger partial charge in [0.2, 0.25) is 0 Å². The van der Waals surface area contributed by atoms with E-state index in [0.717, 1.165) is 29.6 Å². The van der Waals surface area contributed by atoms with Crippen LogP contribution in [0.25, 0.3) is 0 Å². The van der Waals surface area contributed by atoms with Gasteiger partial charge in [-0.05, 0) is 111 Å². The Morgan fingerprint density at radius 3 is 1.62 bits per heavy atom. The third-order valence-electron chi connectivity index (χ3n) is 8.06. The van der Waals surface area contributed by atoms with Gasteiger partial charge in [-0.1, -0.05) is 43.2 Å². The largest absolute Gasteiger partial charge is 0.103 e. The van der Waals surface area contributed by atoms with Gasteiger partial charge >= 0.3 is 0 Å². The summed E-state index contributed by atoms with van der Waals surface area (Å²) in [6, 6.07) is 9.86. The fourth-order valence-corrected chi connectivity index (χ4v) is 6.35. The summed E-state index contributed by atoms with van der Waals surface area (Å²) >= 11 is 0. The van der Waals surface area contributed by atoms with Crippen LogP contribution in [0.15, 0.2) is 36.9 Å². The molecule has 0 radical (unpaired) electrons. The summed E-state index contributed by atoms with van der Waals surface area (Å²) in [5.74, 6) is 4.69. The Labute approximate surface area is 161 Å². The number of benzene rings is 1.